The van der Waals surface area contributed by atoms with Crippen molar-refractivity contribution in [1.82, 2.24) is 14.9 Å². The predicted octanol–water partition coefficient (Wildman–Crippen LogP) is 4.95. The lowest BCUT2D eigenvalue weighted by Gasteiger charge is -2.11. The molecule has 29 heavy (non-hydrogen) atoms. The molecular weight excluding hydrogens is 356 g/mol. The second-order valence-electron chi connectivity index (χ2n) is 7.50. The average molecular weight is 385 g/mol. The van der Waals surface area contributed by atoms with Gasteiger partial charge in [-0.15, -0.1) is 0 Å². The fraction of sp³-hybridized carbons (Fsp3) is 0.200. The Labute approximate surface area is 173 Å². The minimum atomic E-state index is 0.887. The van der Waals surface area contributed by atoms with Crippen molar-refractivity contribution in [2.45, 2.75) is 6.54 Å². The molecule has 3 aromatic rings. The second kappa shape index (κ2) is 9.80. The van der Waals surface area contributed by atoms with Crippen LogP contribution in [0.5, 0.6) is 0 Å². The first-order valence-electron chi connectivity index (χ1n) is 9.69. The Balaban J connectivity index is 1.66. The molecule has 0 amide bonds. The molecule has 0 N–H and O–H groups in total. The highest BCUT2D eigenvalue weighted by molar-refractivity contribution is 5.72. The van der Waals surface area contributed by atoms with Gasteiger partial charge in [0.2, 0.25) is 0 Å². The summed E-state index contributed by atoms with van der Waals surface area (Å²) in [6, 6.07) is 19.0. The molecule has 0 saturated carbocycles. The summed E-state index contributed by atoms with van der Waals surface area (Å²) in [6.45, 7) is 0.948. The fourth-order valence-corrected chi connectivity index (χ4v) is 2.92. The van der Waals surface area contributed by atoms with Gasteiger partial charge in [0.25, 0.3) is 0 Å². The fourth-order valence-electron chi connectivity index (χ4n) is 2.92. The number of benzene rings is 2. The van der Waals surface area contributed by atoms with Crippen molar-refractivity contribution in [3.05, 3.63) is 89.0 Å². The van der Waals surface area contributed by atoms with Gasteiger partial charge in [-0.2, -0.15) is 0 Å². The van der Waals surface area contributed by atoms with Crippen LogP contribution in [0.25, 0.3) is 24.3 Å². The van der Waals surface area contributed by atoms with E-state index in [-0.39, 0.29) is 0 Å². The van der Waals surface area contributed by atoms with Gasteiger partial charge in [0, 0.05) is 26.3 Å². The van der Waals surface area contributed by atoms with E-state index in [1.54, 1.807) is 6.33 Å². The third-order valence-corrected chi connectivity index (χ3v) is 4.49. The second-order valence-corrected chi connectivity index (χ2v) is 7.50. The first-order valence-corrected chi connectivity index (χ1v) is 9.69. The van der Waals surface area contributed by atoms with E-state index < -0.39 is 0 Å². The maximum atomic E-state index is 4.35. The molecule has 148 valence electrons. The van der Waals surface area contributed by atoms with E-state index in [4.69, 9.17) is 0 Å². The number of hydrogen-bond donors (Lipinski definition) is 0. The van der Waals surface area contributed by atoms with Crippen molar-refractivity contribution in [3.63, 3.8) is 0 Å². The van der Waals surface area contributed by atoms with Crippen LogP contribution in [0.2, 0.25) is 0 Å². The van der Waals surface area contributed by atoms with Crippen molar-refractivity contribution in [1.29, 1.82) is 0 Å². The normalized spacial score (nSPS) is 11.6. The van der Waals surface area contributed by atoms with Crippen LogP contribution in [-0.4, -0.2) is 43.1 Å². The van der Waals surface area contributed by atoms with Crippen molar-refractivity contribution >= 4 is 30.0 Å². The van der Waals surface area contributed by atoms with Crippen LogP contribution in [0.15, 0.2) is 60.9 Å². The van der Waals surface area contributed by atoms with E-state index in [1.807, 2.05) is 32.3 Å². The summed E-state index contributed by atoms with van der Waals surface area (Å²) >= 11 is 0. The summed E-state index contributed by atoms with van der Waals surface area (Å²) in [5.74, 6) is 0. The molecule has 1 heterocycles. The van der Waals surface area contributed by atoms with Gasteiger partial charge in [0.05, 0.1) is 11.4 Å². The maximum Gasteiger partial charge on any atom is 0.116 e. The van der Waals surface area contributed by atoms with Crippen LogP contribution >= 0.6 is 0 Å². The lowest BCUT2D eigenvalue weighted by atomic mass is 10.1. The third-order valence-electron chi connectivity index (χ3n) is 4.49. The number of hydrogen-bond acceptors (Lipinski definition) is 4. The minimum Gasteiger partial charge on any atom is -0.378 e. The van der Waals surface area contributed by atoms with Crippen LogP contribution in [0.3, 0.4) is 0 Å². The quantitative estimate of drug-likeness (QED) is 0.577. The average Bonchev–Trinajstić information content (AvgIpc) is 2.72. The van der Waals surface area contributed by atoms with Gasteiger partial charge in [0.15, 0.2) is 0 Å². The van der Waals surface area contributed by atoms with Gasteiger partial charge in [-0.1, -0.05) is 48.6 Å². The molecule has 3 rings (SSSR count). The molecule has 0 atom stereocenters. The summed E-state index contributed by atoms with van der Waals surface area (Å²) in [4.78, 5) is 13.0. The molecule has 0 fully saturated rings. The van der Waals surface area contributed by atoms with Crippen LogP contribution in [0.4, 0.5) is 5.69 Å². The predicted molar refractivity (Wildman–Crippen MR) is 124 cm³/mol. The Morgan fingerprint density at radius 3 is 1.69 bits per heavy atom. The Morgan fingerprint density at radius 2 is 1.21 bits per heavy atom. The summed E-state index contributed by atoms with van der Waals surface area (Å²) in [7, 11) is 8.24. The van der Waals surface area contributed by atoms with Crippen molar-refractivity contribution in [3.8, 4) is 0 Å². The Kier molecular flexibility index (Phi) is 6.93. The van der Waals surface area contributed by atoms with Gasteiger partial charge in [-0.25, -0.2) is 9.97 Å². The first kappa shape index (κ1) is 20.5. The minimum absolute atomic E-state index is 0.887. The monoisotopic (exact) mass is 384 g/mol. The van der Waals surface area contributed by atoms with Gasteiger partial charge in [0.1, 0.15) is 6.33 Å². The van der Waals surface area contributed by atoms with Crippen LogP contribution < -0.4 is 4.90 Å². The van der Waals surface area contributed by atoms with E-state index in [0.717, 1.165) is 29.1 Å². The molecule has 0 radical (unpaired) electrons. The highest BCUT2D eigenvalue weighted by atomic mass is 15.1. The Hall–Kier alpha value is -3.24. The smallest absolute Gasteiger partial charge is 0.116 e. The molecular formula is C25H28N4. The summed E-state index contributed by atoms with van der Waals surface area (Å²) in [5.41, 5.74) is 6.57. The highest BCUT2D eigenvalue weighted by Gasteiger charge is 1.97. The number of rotatable bonds is 7. The molecule has 2 aromatic carbocycles. The van der Waals surface area contributed by atoms with E-state index >= 15 is 0 Å². The zero-order chi connectivity index (χ0) is 20.6. The molecule has 0 spiro atoms. The standard InChI is InChI=1S/C25H28N4/c1-28(2)18-22-7-5-20(6-8-22)9-13-23-17-24(27-19-26-23)14-10-21-11-15-25(16-12-21)29(3)4/h5-17,19H,18H2,1-4H3/b13-9+,14-10?. The lowest BCUT2D eigenvalue weighted by molar-refractivity contribution is 0.402. The molecule has 0 bridgehead atoms. The van der Waals surface area contributed by atoms with Gasteiger partial charge in [-0.3, -0.25) is 0 Å². The van der Waals surface area contributed by atoms with Gasteiger partial charge >= 0.3 is 0 Å². The van der Waals surface area contributed by atoms with Crippen LogP contribution in [-0.2, 0) is 6.54 Å². The van der Waals surface area contributed by atoms with Gasteiger partial charge < -0.3 is 9.80 Å². The Morgan fingerprint density at radius 1 is 0.690 bits per heavy atom. The van der Waals surface area contributed by atoms with E-state index in [9.17, 15) is 0 Å². The number of aromatic nitrogens is 2. The zero-order valence-corrected chi connectivity index (χ0v) is 17.6. The molecule has 4 nitrogen and oxygen atoms in total. The Bertz CT molecular complexity index is 968. The molecule has 0 unspecified atom stereocenters. The molecule has 0 aliphatic carbocycles. The summed E-state index contributed by atoms with van der Waals surface area (Å²) < 4.78 is 0. The van der Waals surface area contributed by atoms with Crippen molar-refractivity contribution < 1.29 is 0 Å². The van der Waals surface area contributed by atoms with Crippen LogP contribution in [0, 0.1) is 0 Å². The van der Waals surface area contributed by atoms with Gasteiger partial charge in [-0.05, 0) is 61.1 Å². The van der Waals surface area contributed by atoms with Crippen molar-refractivity contribution in [2.24, 2.45) is 0 Å². The number of nitrogens with zero attached hydrogens (tertiary/aromatic N) is 4. The highest BCUT2D eigenvalue weighted by Crippen LogP contribution is 2.15. The van der Waals surface area contributed by atoms with Crippen LogP contribution in [0.1, 0.15) is 28.1 Å². The van der Waals surface area contributed by atoms with E-state index in [1.165, 1.54) is 11.3 Å². The third kappa shape index (κ3) is 6.40. The SMILES string of the molecule is CN(C)Cc1ccc(/C=C/c2cc(C=Cc3ccc(N(C)C)cc3)ncn2)cc1. The van der Waals surface area contributed by atoms with E-state index in [2.05, 4.69) is 94.5 Å². The zero-order valence-electron chi connectivity index (χ0n) is 17.6. The lowest BCUT2D eigenvalue weighted by Crippen LogP contribution is -2.10. The molecule has 1 aromatic heterocycles. The van der Waals surface area contributed by atoms with E-state index in [0.29, 0.717) is 0 Å². The summed E-state index contributed by atoms with van der Waals surface area (Å²) in [6.07, 6.45) is 9.79. The molecule has 0 saturated heterocycles. The van der Waals surface area contributed by atoms with Crippen molar-refractivity contribution in [2.75, 3.05) is 33.1 Å². The number of anilines is 1. The molecule has 0 aliphatic rings. The largest absolute Gasteiger partial charge is 0.378 e. The topological polar surface area (TPSA) is 32.3 Å². The molecule has 4 heteroatoms. The maximum absolute atomic E-state index is 4.35. The molecule has 0 aliphatic heterocycles. The summed E-state index contributed by atoms with van der Waals surface area (Å²) in [5, 5.41) is 0. The first-order chi connectivity index (χ1) is 14.0.